The maximum atomic E-state index is 11.5. The van der Waals surface area contributed by atoms with Crippen molar-refractivity contribution in [2.24, 2.45) is 0 Å². The van der Waals surface area contributed by atoms with E-state index in [9.17, 15) is 8.42 Å². The summed E-state index contributed by atoms with van der Waals surface area (Å²) in [4.78, 5) is 8.49. The number of anilines is 1. The second-order valence-electron chi connectivity index (χ2n) is 4.49. The van der Waals surface area contributed by atoms with Crippen LogP contribution < -0.4 is 10.1 Å². The summed E-state index contributed by atoms with van der Waals surface area (Å²) in [6.07, 6.45) is 3.70. The molecule has 0 spiro atoms. The van der Waals surface area contributed by atoms with Crippen molar-refractivity contribution in [1.29, 1.82) is 0 Å². The molecule has 1 N–H and O–H groups in total. The lowest BCUT2D eigenvalue weighted by molar-refractivity contribution is 0.460. The molecule has 6 nitrogen and oxygen atoms in total. The Balaban J connectivity index is 2.18. The van der Waals surface area contributed by atoms with E-state index < -0.39 is 9.84 Å². The fraction of sp³-hybridized carbons (Fsp3) is 0.286. The van der Waals surface area contributed by atoms with Gasteiger partial charge in [0.15, 0.2) is 9.84 Å². The van der Waals surface area contributed by atoms with E-state index in [-0.39, 0.29) is 4.90 Å². The first-order valence-electron chi connectivity index (χ1n) is 6.54. The van der Waals surface area contributed by atoms with Gasteiger partial charge in [-0.3, -0.25) is 0 Å². The Kier molecular flexibility index (Phi) is 4.74. The molecule has 1 heterocycles. The maximum Gasteiger partial charge on any atom is 0.225 e. The molecule has 2 rings (SSSR count). The lowest BCUT2D eigenvalue weighted by atomic mass is 10.3. The maximum absolute atomic E-state index is 11.5. The van der Waals surface area contributed by atoms with Crippen molar-refractivity contribution in [2.45, 2.75) is 18.2 Å². The Morgan fingerprint density at radius 2 is 2.10 bits per heavy atom. The predicted molar refractivity (Wildman–Crippen MR) is 80.4 cm³/mol. The first-order valence-corrected chi connectivity index (χ1v) is 8.43. The monoisotopic (exact) mass is 307 g/mol. The van der Waals surface area contributed by atoms with Gasteiger partial charge in [0.2, 0.25) is 11.8 Å². The van der Waals surface area contributed by atoms with E-state index in [4.69, 9.17) is 4.74 Å². The number of nitrogens with zero attached hydrogens (tertiary/aromatic N) is 2. The molecule has 1 aromatic carbocycles. The number of rotatable bonds is 6. The van der Waals surface area contributed by atoms with Crippen LogP contribution in [0.25, 0.3) is 0 Å². The number of hydrogen-bond acceptors (Lipinski definition) is 6. The minimum atomic E-state index is -3.26. The summed E-state index contributed by atoms with van der Waals surface area (Å²) < 4.78 is 28.6. The molecule has 112 valence electrons. The molecule has 0 amide bonds. The first kappa shape index (κ1) is 15.2. The number of ether oxygens (including phenoxy) is 1. The topological polar surface area (TPSA) is 81.2 Å². The molecule has 0 radical (unpaired) electrons. The molecule has 0 atom stereocenters. The van der Waals surface area contributed by atoms with Crippen molar-refractivity contribution in [2.75, 3.05) is 18.1 Å². The van der Waals surface area contributed by atoms with Gasteiger partial charge in [-0.15, -0.1) is 0 Å². The van der Waals surface area contributed by atoms with Gasteiger partial charge < -0.3 is 10.1 Å². The van der Waals surface area contributed by atoms with Crippen LogP contribution in [-0.4, -0.2) is 31.2 Å². The third-order valence-electron chi connectivity index (χ3n) is 2.62. The molecule has 0 bridgehead atoms. The molecule has 0 aliphatic carbocycles. The first-order chi connectivity index (χ1) is 9.99. The Labute approximate surface area is 124 Å². The second kappa shape index (κ2) is 6.53. The van der Waals surface area contributed by atoms with E-state index in [1.807, 2.05) is 6.92 Å². The normalized spacial score (nSPS) is 11.1. The predicted octanol–water partition coefficient (Wildman–Crippen LogP) is 2.49. The van der Waals surface area contributed by atoms with Crippen molar-refractivity contribution in [3.8, 4) is 11.6 Å². The van der Waals surface area contributed by atoms with E-state index in [0.717, 1.165) is 19.2 Å². The van der Waals surface area contributed by atoms with Crippen LogP contribution in [0.2, 0.25) is 0 Å². The van der Waals surface area contributed by atoms with Gasteiger partial charge in [0, 0.05) is 25.1 Å². The molecule has 0 saturated heterocycles. The van der Waals surface area contributed by atoms with Crippen LogP contribution in [0.1, 0.15) is 13.3 Å². The van der Waals surface area contributed by atoms with Crippen LogP contribution in [0, 0.1) is 0 Å². The van der Waals surface area contributed by atoms with Crippen LogP contribution in [0.5, 0.6) is 11.6 Å². The average Bonchev–Trinajstić information content (AvgIpc) is 2.45. The summed E-state index contributed by atoms with van der Waals surface area (Å²) in [5, 5.41) is 3.06. The molecular weight excluding hydrogens is 290 g/mol. The van der Waals surface area contributed by atoms with E-state index in [2.05, 4.69) is 15.3 Å². The fourth-order valence-corrected chi connectivity index (χ4v) is 2.27. The summed E-state index contributed by atoms with van der Waals surface area (Å²) in [5.74, 6) is 1.25. The van der Waals surface area contributed by atoms with Gasteiger partial charge in [0.1, 0.15) is 5.75 Å². The number of aromatic nitrogens is 2. The SMILES string of the molecule is CCCNc1nccc(Oc2cccc(S(C)(=O)=O)c2)n1. The zero-order valence-electron chi connectivity index (χ0n) is 11.9. The van der Waals surface area contributed by atoms with Crippen LogP contribution >= 0.6 is 0 Å². The average molecular weight is 307 g/mol. The van der Waals surface area contributed by atoms with Gasteiger partial charge in [-0.25, -0.2) is 13.4 Å². The highest BCUT2D eigenvalue weighted by Gasteiger charge is 2.09. The third kappa shape index (κ3) is 4.42. The summed E-state index contributed by atoms with van der Waals surface area (Å²) in [5.41, 5.74) is 0. The Morgan fingerprint density at radius 1 is 1.29 bits per heavy atom. The van der Waals surface area contributed by atoms with Crippen molar-refractivity contribution in [3.05, 3.63) is 36.5 Å². The number of nitrogens with one attached hydrogen (secondary N) is 1. The molecule has 1 aromatic heterocycles. The standard InChI is InChI=1S/C14H17N3O3S/c1-3-8-15-14-16-9-7-13(17-14)20-11-5-4-6-12(10-11)21(2,18)19/h4-7,9-10H,3,8H2,1-2H3,(H,15,16,17). The highest BCUT2D eigenvalue weighted by Crippen LogP contribution is 2.22. The molecule has 2 aromatic rings. The van der Waals surface area contributed by atoms with Crippen molar-refractivity contribution in [1.82, 2.24) is 9.97 Å². The lowest BCUT2D eigenvalue weighted by Crippen LogP contribution is -2.04. The van der Waals surface area contributed by atoms with Crippen LogP contribution in [0.15, 0.2) is 41.4 Å². The third-order valence-corrected chi connectivity index (χ3v) is 3.73. The molecular formula is C14H17N3O3S. The van der Waals surface area contributed by atoms with Crippen LogP contribution in [0.3, 0.4) is 0 Å². The Morgan fingerprint density at radius 3 is 2.81 bits per heavy atom. The van der Waals surface area contributed by atoms with Crippen LogP contribution in [-0.2, 0) is 9.84 Å². The Bertz CT molecular complexity index is 717. The van der Waals surface area contributed by atoms with Gasteiger partial charge in [-0.05, 0) is 24.6 Å². The number of benzene rings is 1. The van der Waals surface area contributed by atoms with Crippen molar-refractivity contribution in [3.63, 3.8) is 0 Å². The summed E-state index contributed by atoms with van der Waals surface area (Å²) in [6.45, 7) is 2.82. The molecule has 7 heteroatoms. The van der Waals surface area contributed by atoms with Gasteiger partial charge >= 0.3 is 0 Å². The quantitative estimate of drug-likeness (QED) is 0.883. The number of sulfone groups is 1. The molecule has 0 saturated carbocycles. The smallest absolute Gasteiger partial charge is 0.225 e. The highest BCUT2D eigenvalue weighted by molar-refractivity contribution is 7.90. The van der Waals surface area contributed by atoms with E-state index in [1.165, 1.54) is 12.1 Å². The fourth-order valence-electron chi connectivity index (χ4n) is 1.61. The molecule has 0 unspecified atom stereocenters. The van der Waals surface area contributed by atoms with Gasteiger partial charge in [-0.2, -0.15) is 4.98 Å². The highest BCUT2D eigenvalue weighted by atomic mass is 32.2. The van der Waals surface area contributed by atoms with E-state index in [1.54, 1.807) is 24.4 Å². The number of hydrogen-bond donors (Lipinski definition) is 1. The molecule has 0 aliphatic heterocycles. The van der Waals surface area contributed by atoms with Crippen molar-refractivity contribution < 1.29 is 13.2 Å². The lowest BCUT2D eigenvalue weighted by Gasteiger charge is -2.08. The zero-order valence-corrected chi connectivity index (χ0v) is 12.7. The Hall–Kier alpha value is -2.15. The minimum absolute atomic E-state index is 0.207. The zero-order chi connectivity index (χ0) is 15.3. The van der Waals surface area contributed by atoms with Crippen LogP contribution in [0.4, 0.5) is 5.95 Å². The molecule has 0 aliphatic rings. The summed E-state index contributed by atoms with van der Waals surface area (Å²) >= 11 is 0. The molecule has 0 fully saturated rings. The molecule has 21 heavy (non-hydrogen) atoms. The largest absolute Gasteiger partial charge is 0.439 e. The van der Waals surface area contributed by atoms with Crippen molar-refractivity contribution >= 4 is 15.8 Å². The second-order valence-corrected chi connectivity index (χ2v) is 6.51. The van der Waals surface area contributed by atoms with Gasteiger partial charge in [0.25, 0.3) is 0 Å². The minimum Gasteiger partial charge on any atom is -0.439 e. The van der Waals surface area contributed by atoms with E-state index >= 15 is 0 Å². The van der Waals surface area contributed by atoms with E-state index in [0.29, 0.717) is 17.6 Å². The van der Waals surface area contributed by atoms with Gasteiger partial charge in [0.05, 0.1) is 4.90 Å². The summed E-state index contributed by atoms with van der Waals surface area (Å²) in [6, 6.07) is 7.91. The summed E-state index contributed by atoms with van der Waals surface area (Å²) in [7, 11) is -3.26. The van der Waals surface area contributed by atoms with Gasteiger partial charge in [-0.1, -0.05) is 13.0 Å².